The van der Waals surface area contributed by atoms with Crippen LogP contribution in [0, 0.1) is 24.0 Å². The molecule has 1 aromatic carbocycles. The second-order valence-corrected chi connectivity index (χ2v) is 6.48. The summed E-state index contributed by atoms with van der Waals surface area (Å²) >= 11 is 0. The molecule has 0 aliphatic rings. The van der Waals surface area contributed by atoms with Crippen LogP contribution in [0.5, 0.6) is 0 Å². The second kappa shape index (κ2) is 7.94. The smallest absolute Gasteiger partial charge is 0.333 e. The van der Waals surface area contributed by atoms with Gasteiger partial charge in [-0.05, 0) is 39.2 Å². The molecule has 0 spiro atoms. The van der Waals surface area contributed by atoms with Gasteiger partial charge in [0.05, 0.1) is 4.92 Å². The molecule has 27 heavy (non-hydrogen) atoms. The molecular formula is C19H22N6O2. The number of hydrogen-bond donors (Lipinski definition) is 1. The van der Waals surface area contributed by atoms with Gasteiger partial charge in [0.1, 0.15) is 11.5 Å². The van der Waals surface area contributed by atoms with Crippen molar-refractivity contribution < 1.29 is 4.92 Å². The average Bonchev–Trinajstić information content (AvgIpc) is 3.06. The first-order chi connectivity index (χ1) is 13.0. The van der Waals surface area contributed by atoms with Crippen molar-refractivity contribution in [2.75, 3.05) is 5.32 Å². The Morgan fingerprint density at radius 3 is 2.59 bits per heavy atom. The number of imidazole rings is 1. The molecule has 3 rings (SSSR count). The highest BCUT2D eigenvalue weighted by Gasteiger charge is 2.24. The molecule has 0 fully saturated rings. The Hall–Kier alpha value is -3.29. The quantitative estimate of drug-likeness (QED) is 0.506. The zero-order chi connectivity index (χ0) is 19.4. The fourth-order valence-corrected chi connectivity index (χ4v) is 2.92. The van der Waals surface area contributed by atoms with Crippen LogP contribution in [0.4, 0.5) is 11.6 Å². The molecule has 1 atom stereocenters. The summed E-state index contributed by atoms with van der Waals surface area (Å²) in [5, 5.41) is 14.8. The first-order valence-electron chi connectivity index (χ1n) is 8.79. The molecule has 0 aliphatic heterocycles. The highest BCUT2D eigenvalue weighted by molar-refractivity contribution is 5.54. The lowest BCUT2D eigenvalue weighted by Crippen LogP contribution is -2.19. The summed E-state index contributed by atoms with van der Waals surface area (Å²) in [5.41, 5.74) is 1.47. The van der Waals surface area contributed by atoms with Crippen molar-refractivity contribution >= 4 is 11.6 Å². The number of nitro groups is 1. The van der Waals surface area contributed by atoms with E-state index >= 15 is 0 Å². The number of nitrogens with one attached hydrogen (secondary N) is 1. The molecular weight excluding hydrogens is 344 g/mol. The molecule has 0 bridgehead atoms. The van der Waals surface area contributed by atoms with E-state index in [0.717, 1.165) is 12.8 Å². The van der Waals surface area contributed by atoms with E-state index in [0.29, 0.717) is 17.5 Å². The van der Waals surface area contributed by atoms with Gasteiger partial charge in [-0.3, -0.25) is 14.7 Å². The molecule has 8 nitrogen and oxygen atoms in total. The van der Waals surface area contributed by atoms with Gasteiger partial charge >= 0.3 is 5.69 Å². The van der Waals surface area contributed by atoms with E-state index < -0.39 is 4.92 Å². The van der Waals surface area contributed by atoms with Crippen molar-refractivity contribution in [2.45, 2.75) is 39.7 Å². The lowest BCUT2D eigenvalue weighted by Gasteiger charge is -2.15. The van der Waals surface area contributed by atoms with Gasteiger partial charge < -0.3 is 5.32 Å². The molecule has 2 heterocycles. The van der Waals surface area contributed by atoms with Crippen LogP contribution in [0.25, 0.3) is 5.82 Å². The Labute approximate surface area is 157 Å². The van der Waals surface area contributed by atoms with Gasteiger partial charge in [-0.25, -0.2) is 9.97 Å². The van der Waals surface area contributed by atoms with E-state index in [-0.39, 0.29) is 17.5 Å². The summed E-state index contributed by atoms with van der Waals surface area (Å²) < 4.78 is 1.60. The summed E-state index contributed by atoms with van der Waals surface area (Å²) in [6.45, 7) is 5.44. The lowest BCUT2D eigenvalue weighted by atomic mass is 10.1. The van der Waals surface area contributed by atoms with E-state index in [1.54, 1.807) is 30.8 Å². The molecule has 0 saturated carbocycles. The summed E-state index contributed by atoms with van der Waals surface area (Å²) in [6.07, 6.45) is 5.07. The maximum absolute atomic E-state index is 11.5. The maximum atomic E-state index is 11.5. The van der Waals surface area contributed by atoms with E-state index in [1.807, 2.05) is 25.1 Å². The Morgan fingerprint density at radius 2 is 1.96 bits per heavy atom. The monoisotopic (exact) mass is 366 g/mol. The predicted octanol–water partition coefficient (Wildman–Crippen LogP) is 3.62. The van der Waals surface area contributed by atoms with Crippen LogP contribution < -0.4 is 5.32 Å². The minimum atomic E-state index is -0.452. The van der Waals surface area contributed by atoms with Crippen LogP contribution in [0.1, 0.15) is 30.4 Å². The minimum Gasteiger partial charge on any atom is -0.352 e. The van der Waals surface area contributed by atoms with E-state index in [2.05, 4.69) is 32.4 Å². The zero-order valence-electron chi connectivity index (χ0n) is 15.6. The second-order valence-electron chi connectivity index (χ2n) is 6.48. The standard InChI is InChI=1S/C19H22N6O2/c1-13(9-10-16-7-5-4-6-8-16)21-19-22-14(2)17(25(26)27)18(23-19)24-12-11-20-15(24)3/h4-8,11-13H,9-10H2,1-3H3,(H,21,22,23). The number of anilines is 1. The van der Waals surface area contributed by atoms with Gasteiger partial charge in [0.25, 0.3) is 0 Å². The van der Waals surface area contributed by atoms with Crippen molar-refractivity contribution in [1.82, 2.24) is 19.5 Å². The highest BCUT2D eigenvalue weighted by atomic mass is 16.6. The Kier molecular flexibility index (Phi) is 5.44. The fourth-order valence-electron chi connectivity index (χ4n) is 2.92. The Balaban J connectivity index is 1.82. The van der Waals surface area contributed by atoms with E-state index in [1.165, 1.54) is 5.56 Å². The first-order valence-corrected chi connectivity index (χ1v) is 8.79. The zero-order valence-corrected chi connectivity index (χ0v) is 15.6. The lowest BCUT2D eigenvalue weighted by molar-refractivity contribution is -0.385. The van der Waals surface area contributed by atoms with Gasteiger partial charge in [-0.15, -0.1) is 0 Å². The van der Waals surface area contributed by atoms with Gasteiger partial charge in [0.15, 0.2) is 0 Å². The highest BCUT2D eigenvalue weighted by Crippen LogP contribution is 2.26. The largest absolute Gasteiger partial charge is 0.352 e. The number of aryl methyl sites for hydroxylation is 3. The Morgan fingerprint density at radius 1 is 1.22 bits per heavy atom. The third-order valence-corrected chi connectivity index (χ3v) is 4.36. The van der Waals surface area contributed by atoms with Crippen LogP contribution in [0.2, 0.25) is 0 Å². The topological polar surface area (TPSA) is 98.8 Å². The molecule has 0 radical (unpaired) electrons. The third-order valence-electron chi connectivity index (χ3n) is 4.36. The van der Waals surface area contributed by atoms with Crippen LogP contribution >= 0.6 is 0 Å². The van der Waals surface area contributed by atoms with E-state index in [9.17, 15) is 10.1 Å². The van der Waals surface area contributed by atoms with Crippen molar-refractivity contribution in [3.05, 3.63) is 69.9 Å². The molecule has 1 unspecified atom stereocenters. The first kappa shape index (κ1) is 18.5. The average molecular weight is 366 g/mol. The molecule has 0 saturated heterocycles. The van der Waals surface area contributed by atoms with Gasteiger partial charge in [-0.2, -0.15) is 4.98 Å². The minimum absolute atomic E-state index is 0.112. The number of hydrogen-bond acceptors (Lipinski definition) is 6. The molecule has 3 aromatic rings. The number of nitrogens with zero attached hydrogens (tertiary/aromatic N) is 5. The van der Waals surface area contributed by atoms with Crippen molar-refractivity contribution in [2.24, 2.45) is 0 Å². The summed E-state index contributed by atoms with van der Waals surface area (Å²) in [6, 6.07) is 10.4. The molecule has 8 heteroatoms. The molecule has 0 aliphatic carbocycles. The van der Waals surface area contributed by atoms with Crippen LogP contribution in [0.15, 0.2) is 42.7 Å². The number of rotatable bonds is 7. The van der Waals surface area contributed by atoms with Crippen LogP contribution in [-0.2, 0) is 6.42 Å². The normalized spacial score (nSPS) is 12.0. The molecule has 1 N–H and O–H groups in total. The van der Waals surface area contributed by atoms with Gasteiger partial charge in [0, 0.05) is 18.4 Å². The van der Waals surface area contributed by atoms with Crippen molar-refractivity contribution in [1.29, 1.82) is 0 Å². The third kappa shape index (κ3) is 4.28. The predicted molar refractivity (Wildman–Crippen MR) is 103 cm³/mol. The molecule has 140 valence electrons. The van der Waals surface area contributed by atoms with Crippen LogP contribution in [-0.4, -0.2) is 30.5 Å². The summed E-state index contributed by atoms with van der Waals surface area (Å²) in [4.78, 5) is 23.9. The van der Waals surface area contributed by atoms with E-state index in [4.69, 9.17) is 0 Å². The molecule has 2 aromatic heterocycles. The van der Waals surface area contributed by atoms with Crippen molar-refractivity contribution in [3.63, 3.8) is 0 Å². The van der Waals surface area contributed by atoms with Crippen LogP contribution in [0.3, 0.4) is 0 Å². The SMILES string of the molecule is Cc1nc(NC(C)CCc2ccccc2)nc(-n2ccnc2C)c1[N+](=O)[O-]. The van der Waals surface area contributed by atoms with Crippen molar-refractivity contribution in [3.8, 4) is 5.82 Å². The fraction of sp³-hybridized carbons (Fsp3) is 0.316. The summed E-state index contributed by atoms with van der Waals surface area (Å²) in [7, 11) is 0. The number of benzene rings is 1. The van der Waals surface area contributed by atoms with Gasteiger partial charge in [0.2, 0.25) is 11.8 Å². The molecule has 0 amide bonds. The summed E-state index contributed by atoms with van der Waals surface area (Å²) in [5.74, 6) is 1.22. The number of aromatic nitrogens is 4. The Bertz CT molecular complexity index is 939. The maximum Gasteiger partial charge on any atom is 0.333 e. The van der Waals surface area contributed by atoms with Gasteiger partial charge in [-0.1, -0.05) is 30.3 Å².